The molecule has 160 valence electrons. The molecule has 29 heavy (non-hydrogen) atoms. The van der Waals surface area contributed by atoms with Crippen LogP contribution in [0.4, 0.5) is 0 Å². The molecule has 0 radical (unpaired) electrons. The number of rotatable bonds is 8. The molecule has 0 aliphatic heterocycles. The zero-order chi connectivity index (χ0) is 21.6. The monoisotopic (exact) mass is 419 g/mol. The number of aliphatic imine (C=N–C) groups is 1. The largest absolute Gasteiger partial charge is 0.357 e. The van der Waals surface area contributed by atoms with Crippen LogP contribution >= 0.6 is 0 Å². The summed E-state index contributed by atoms with van der Waals surface area (Å²) in [6.45, 7) is 9.61. The fourth-order valence-electron chi connectivity index (χ4n) is 3.24. The van der Waals surface area contributed by atoms with E-state index in [2.05, 4.69) is 34.6 Å². The summed E-state index contributed by atoms with van der Waals surface area (Å²) in [4.78, 5) is 4.67. The standard InChI is InChI=1S/C21H33N5O2S/c1-7-22-21(24-15(2)12-20-16(3)25-26(5)17(20)4)23-13-18-8-10-19(11-9-18)14-29(6,27)28/h8-11,15H,7,12-14H2,1-6H3,(H2,22,23,24). The SMILES string of the molecule is CCNC(=NCc1ccc(CS(C)(=O)=O)cc1)NC(C)Cc1c(C)nn(C)c1C. The first-order chi connectivity index (χ1) is 13.6. The van der Waals surface area contributed by atoms with E-state index in [0.29, 0.717) is 6.54 Å². The topological polar surface area (TPSA) is 88.4 Å². The zero-order valence-electron chi connectivity index (χ0n) is 18.3. The van der Waals surface area contributed by atoms with Crippen molar-refractivity contribution in [3.8, 4) is 0 Å². The maximum Gasteiger partial charge on any atom is 0.191 e. The lowest BCUT2D eigenvalue weighted by Gasteiger charge is -2.18. The van der Waals surface area contributed by atoms with Gasteiger partial charge in [0.15, 0.2) is 15.8 Å². The smallest absolute Gasteiger partial charge is 0.191 e. The van der Waals surface area contributed by atoms with Gasteiger partial charge in [0, 0.05) is 31.6 Å². The molecule has 1 atom stereocenters. The molecule has 8 heteroatoms. The van der Waals surface area contributed by atoms with E-state index in [1.54, 1.807) is 0 Å². The molecule has 1 aromatic heterocycles. The molecule has 1 heterocycles. The van der Waals surface area contributed by atoms with Gasteiger partial charge in [0.2, 0.25) is 0 Å². The molecule has 2 rings (SSSR count). The van der Waals surface area contributed by atoms with E-state index >= 15 is 0 Å². The first kappa shape index (κ1) is 22.9. The molecule has 0 saturated carbocycles. The number of aryl methyl sites for hydroxylation is 2. The van der Waals surface area contributed by atoms with Crippen LogP contribution in [0.25, 0.3) is 0 Å². The molecule has 0 aliphatic rings. The van der Waals surface area contributed by atoms with Crippen LogP contribution in [0.5, 0.6) is 0 Å². The van der Waals surface area contributed by atoms with Crippen molar-refractivity contribution in [2.24, 2.45) is 12.0 Å². The van der Waals surface area contributed by atoms with Crippen LogP contribution in [0, 0.1) is 13.8 Å². The Balaban J connectivity index is 2.01. The maximum absolute atomic E-state index is 11.4. The molecule has 1 aromatic carbocycles. The zero-order valence-corrected chi connectivity index (χ0v) is 19.1. The Bertz CT molecular complexity index is 946. The van der Waals surface area contributed by atoms with Gasteiger partial charge in [0.1, 0.15) is 0 Å². The van der Waals surface area contributed by atoms with Crippen LogP contribution in [0.15, 0.2) is 29.3 Å². The Kier molecular flexibility index (Phi) is 7.84. The number of guanidine groups is 1. The summed E-state index contributed by atoms with van der Waals surface area (Å²) < 4.78 is 24.7. The van der Waals surface area contributed by atoms with Crippen LogP contribution < -0.4 is 10.6 Å². The van der Waals surface area contributed by atoms with Crippen molar-refractivity contribution in [3.05, 3.63) is 52.3 Å². The first-order valence-corrected chi connectivity index (χ1v) is 11.9. The highest BCUT2D eigenvalue weighted by Crippen LogP contribution is 2.14. The minimum atomic E-state index is -3.02. The molecule has 2 N–H and O–H groups in total. The second-order valence-corrected chi connectivity index (χ2v) is 9.74. The van der Waals surface area contributed by atoms with Crippen molar-refractivity contribution in [1.29, 1.82) is 0 Å². The van der Waals surface area contributed by atoms with E-state index in [0.717, 1.165) is 35.7 Å². The highest BCUT2D eigenvalue weighted by Gasteiger charge is 2.14. The lowest BCUT2D eigenvalue weighted by molar-refractivity contribution is 0.601. The second-order valence-electron chi connectivity index (χ2n) is 7.60. The van der Waals surface area contributed by atoms with Gasteiger partial charge in [-0.2, -0.15) is 5.10 Å². The molecular formula is C21H33N5O2S. The van der Waals surface area contributed by atoms with Crippen LogP contribution in [-0.2, 0) is 35.6 Å². The average Bonchev–Trinajstić information content (AvgIpc) is 2.86. The van der Waals surface area contributed by atoms with Gasteiger partial charge in [-0.1, -0.05) is 24.3 Å². The summed E-state index contributed by atoms with van der Waals surface area (Å²) in [7, 11) is -1.05. The number of nitrogens with one attached hydrogen (secondary N) is 2. The molecule has 0 saturated heterocycles. The molecule has 7 nitrogen and oxygen atoms in total. The van der Waals surface area contributed by atoms with Gasteiger partial charge in [0.05, 0.1) is 18.0 Å². The summed E-state index contributed by atoms with van der Waals surface area (Å²) in [6, 6.07) is 7.76. The lowest BCUT2D eigenvalue weighted by Crippen LogP contribution is -2.43. The number of hydrogen-bond donors (Lipinski definition) is 2. The fraction of sp³-hybridized carbons (Fsp3) is 0.524. The summed E-state index contributed by atoms with van der Waals surface area (Å²) in [5, 5.41) is 11.2. The van der Waals surface area contributed by atoms with Crippen molar-refractivity contribution < 1.29 is 8.42 Å². The van der Waals surface area contributed by atoms with Gasteiger partial charge in [-0.15, -0.1) is 0 Å². The van der Waals surface area contributed by atoms with Crippen molar-refractivity contribution in [3.63, 3.8) is 0 Å². The molecule has 1 unspecified atom stereocenters. The van der Waals surface area contributed by atoms with E-state index in [9.17, 15) is 8.42 Å². The minimum Gasteiger partial charge on any atom is -0.357 e. The number of benzene rings is 1. The second kappa shape index (κ2) is 9.91. The Labute approximate surface area is 174 Å². The van der Waals surface area contributed by atoms with Crippen LogP contribution in [0.3, 0.4) is 0 Å². The van der Waals surface area contributed by atoms with E-state index in [1.807, 2.05) is 49.8 Å². The fourth-order valence-corrected chi connectivity index (χ4v) is 4.04. The molecule has 0 aliphatic carbocycles. The Morgan fingerprint density at radius 3 is 2.34 bits per heavy atom. The summed E-state index contributed by atoms with van der Waals surface area (Å²) >= 11 is 0. The van der Waals surface area contributed by atoms with Gasteiger partial charge in [-0.05, 0) is 50.8 Å². The Morgan fingerprint density at radius 2 is 1.83 bits per heavy atom. The van der Waals surface area contributed by atoms with E-state index in [4.69, 9.17) is 0 Å². The normalized spacial score (nSPS) is 13.4. The van der Waals surface area contributed by atoms with E-state index in [-0.39, 0.29) is 11.8 Å². The Hall–Kier alpha value is -2.35. The van der Waals surface area contributed by atoms with Gasteiger partial charge < -0.3 is 10.6 Å². The average molecular weight is 420 g/mol. The third-order valence-electron chi connectivity index (χ3n) is 4.77. The minimum absolute atomic E-state index is 0.0609. The molecule has 0 bridgehead atoms. The van der Waals surface area contributed by atoms with E-state index in [1.165, 1.54) is 17.5 Å². The van der Waals surface area contributed by atoms with Crippen molar-refractivity contribution in [2.45, 2.75) is 52.5 Å². The summed E-state index contributed by atoms with van der Waals surface area (Å²) in [6.07, 6.45) is 2.12. The van der Waals surface area contributed by atoms with Crippen LogP contribution in [0.2, 0.25) is 0 Å². The third-order valence-corrected chi connectivity index (χ3v) is 5.63. The number of sulfone groups is 1. The van der Waals surface area contributed by atoms with Crippen LogP contribution in [-0.4, -0.2) is 43.0 Å². The Morgan fingerprint density at radius 1 is 1.21 bits per heavy atom. The third kappa shape index (κ3) is 7.20. The van der Waals surface area contributed by atoms with Crippen molar-refractivity contribution in [2.75, 3.05) is 12.8 Å². The highest BCUT2D eigenvalue weighted by molar-refractivity contribution is 7.89. The summed E-state index contributed by atoms with van der Waals surface area (Å²) in [5.74, 6) is 0.824. The summed E-state index contributed by atoms with van der Waals surface area (Å²) in [5.41, 5.74) is 5.35. The quantitative estimate of drug-likeness (QED) is 0.506. The highest BCUT2D eigenvalue weighted by atomic mass is 32.2. The van der Waals surface area contributed by atoms with Gasteiger partial charge >= 0.3 is 0 Å². The molecule has 2 aromatic rings. The van der Waals surface area contributed by atoms with Crippen molar-refractivity contribution in [1.82, 2.24) is 20.4 Å². The predicted octanol–water partition coefficient (Wildman–Crippen LogP) is 2.27. The van der Waals surface area contributed by atoms with Gasteiger partial charge in [-0.3, -0.25) is 4.68 Å². The molecule has 0 spiro atoms. The predicted molar refractivity (Wildman–Crippen MR) is 119 cm³/mol. The molecule has 0 fully saturated rings. The maximum atomic E-state index is 11.4. The molecular weight excluding hydrogens is 386 g/mol. The molecule has 0 amide bonds. The lowest BCUT2D eigenvalue weighted by atomic mass is 10.1. The van der Waals surface area contributed by atoms with E-state index < -0.39 is 9.84 Å². The first-order valence-electron chi connectivity index (χ1n) is 9.88. The van der Waals surface area contributed by atoms with Gasteiger partial charge in [0.25, 0.3) is 0 Å². The van der Waals surface area contributed by atoms with Crippen molar-refractivity contribution >= 4 is 15.8 Å². The van der Waals surface area contributed by atoms with Crippen LogP contribution in [0.1, 0.15) is 41.9 Å². The number of hydrogen-bond acceptors (Lipinski definition) is 4. The number of nitrogens with zero attached hydrogens (tertiary/aromatic N) is 3. The number of aromatic nitrogens is 2. The van der Waals surface area contributed by atoms with Gasteiger partial charge in [-0.25, -0.2) is 13.4 Å².